The third-order valence-corrected chi connectivity index (χ3v) is 5.32. The van der Waals surface area contributed by atoms with Gasteiger partial charge in [0.15, 0.2) is 5.65 Å². The minimum absolute atomic E-state index is 0.0233. The maximum Gasteiger partial charge on any atom is 0.255 e. The van der Waals surface area contributed by atoms with Crippen LogP contribution in [-0.2, 0) is 0 Å². The van der Waals surface area contributed by atoms with Gasteiger partial charge in [-0.15, -0.1) is 0 Å². The molecule has 1 aliphatic heterocycles. The number of hydrogen-bond acceptors (Lipinski definition) is 5. The molecule has 1 saturated heterocycles. The van der Waals surface area contributed by atoms with Crippen LogP contribution in [0.15, 0.2) is 36.7 Å². The molecule has 142 valence electrons. The van der Waals surface area contributed by atoms with Crippen LogP contribution in [0.3, 0.4) is 0 Å². The van der Waals surface area contributed by atoms with Crippen LogP contribution >= 0.6 is 0 Å². The van der Waals surface area contributed by atoms with Gasteiger partial charge in [-0.25, -0.2) is 9.97 Å². The second-order valence-electron chi connectivity index (χ2n) is 7.27. The molecule has 0 atom stereocenters. The Morgan fingerprint density at radius 2 is 2.04 bits per heavy atom. The van der Waals surface area contributed by atoms with E-state index in [0.717, 1.165) is 60.4 Å². The molecule has 1 amide bonds. The number of rotatable bonds is 2. The number of aromatic amines is 2. The van der Waals surface area contributed by atoms with E-state index in [4.69, 9.17) is 0 Å². The lowest BCUT2D eigenvalue weighted by atomic mass is 10.1. The van der Waals surface area contributed by atoms with E-state index in [1.54, 1.807) is 12.4 Å². The number of nitrogens with one attached hydrogen (secondary N) is 2. The number of likely N-dealkylation sites (N-methyl/N-ethyl adjacent to an activating group) is 1. The van der Waals surface area contributed by atoms with Gasteiger partial charge in [-0.2, -0.15) is 5.10 Å². The number of aromatic nitrogens is 5. The summed E-state index contributed by atoms with van der Waals surface area (Å²) in [6.45, 7) is 3.41. The zero-order chi connectivity index (χ0) is 19.1. The first-order valence-corrected chi connectivity index (χ1v) is 9.45. The molecule has 8 nitrogen and oxygen atoms in total. The van der Waals surface area contributed by atoms with Gasteiger partial charge in [-0.1, -0.05) is 0 Å². The fourth-order valence-corrected chi connectivity index (χ4v) is 3.74. The molecule has 5 rings (SSSR count). The molecule has 0 spiro atoms. The van der Waals surface area contributed by atoms with Gasteiger partial charge in [-0.05, 0) is 44.3 Å². The summed E-state index contributed by atoms with van der Waals surface area (Å²) in [7, 11) is 2.09. The first kappa shape index (κ1) is 16.9. The van der Waals surface area contributed by atoms with E-state index in [9.17, 15) is 4.79 Å². The fourth-order valence-electron chi connectivity index (χ4n) is 3.74. The Balaban J connectivity index is 1.52. The molecule has 1 aliphatic rings. The minimum atomic E-state index is 0.0233. The zero-order valence-electron chi connectivity index (χ0n) is 15.6. The summed E-state index contributed by atoms with van der Waals surface area (Å²) in [6.07, 6.45) is 4.37. The number of amides is 1. The molecule has 4 aromatic heterocycles. The molecule has 28 heavy (non-hydrogen) atoms. The number of carbonyl (C=O) groups is 1. The van der Waals surface area contributed by atoms with Gasteiger partial charge in [0.25, 0.3) is 5.91 Å². The van der Waals surface area contributed by atoms with Gasteiger partial charge in [0.05, 0.1) is 11.3 Å². The van der Waals surface area contributed by atoms with Crippen LogP contribution in [-0.4, -0.2) is 74.1 Å². The third kappa shape index (κ3) is 2.91. The van der Waals surface area contributed by atoms with Crippen LogP contribution in [0.2, 0.25) is 0 Å². The quantitative estimate of drug-likeness (QED) is 0.561. The van der Waals surface area contributed by atoms with Crippen molar-refractivity contribution < 1.29 is 4.79 Å². The van der Waals surface area contributed by atoms with Crippen molar-refractivity contribution in [2.24, 2.45) is 0 Å². The number of fused-ring (bicyclic) bond motifs is 2. The molecule has 8 heteroatoms. The molecule has 0 aromatic carbocycles. The highest BCUT2D eigenvalue weighted by molar-refractivity contribution is 6.00. The number of hydrogen-bond donors (Lipinski definition) is 2. The van der Waals surface area contributed by atoms with Gasteiger partial charge in [0.1, 0.15) is 11.3 Å². The Morgan fingerprint density at radius 1 is 1.11 bits per heavy atom. The van der Waals surface area contributed by atoms with Crippen molar-refractivity contribution >= 4 is 28.0 Å². The highest BCUT2D eigenvalue weighted by atomic mass is 16.2. The average molecular weight is 375 g/mol. The van der Waals surface area contributed by atoms with Crippen LogP contribution in [0.4, 0.5) is 0 Å². The summed E-state index contributed by atoms with van der Waals surface area (Å²) in [6, 6.07) is 7.80. The molecular formula is C20H21N7O. The normalized spacial score (nSPS) is 16.0. The van der Waals surface area contributed by atoms with Crippen LogP contribution in [0.25, 0.3) is 33.5 Å². The highest BCUT2D eigenvalue weighted by Crippen LogP contribution is 2.28. The Bertz CT molecular complexity index is 1130. The van der Waals surface area contributed by atoms with Gasteiger partial charge >= 0.3 is 0 Å². The van der Waals surface area contributed by atoms with Gasteiger partial charge in [0, 0.05) is 42.8 Å². The Hall–Kier alpha value is -3.26. The molecule has 0 radical (unpaired) electrons. The second kappa shape index (κ2) is 6.72. The van der Waals surface area contributed by atoms with Crippen molar-refractivity contribution in [1.82, 2.24) is 34.9 Å². The summed E-state index contributed by atoms with van der Waals surface area (Å²) in [5.74, 6) is 0.0233. The summed E-state index contributed by atoms with van der Waals surface area (Å²) in [5.41, 5.74) is 3.65. The van der Waals surface area contributed by atoms with Crippen LogP contribution in [0.5, 0.6) is 0 Å². The van der Waals surface area contributed by atoms with E-state index < -0.39 is 0 Å². The fraction of sp³-hybridized carbons (Fsp3) is 0.300. The number of carbonyl (C=O) groups excluding carboxylic acids is 1. The van der Waals surface area contributed by atoms with E-state index in [-0.39, 0.29) is 5.91 Å². The van der Waals surface area contributed by atoms with Crippen LogP contribution in [0, 0.1) is 0 Å². The molecular weight excluding hydrogens is 354 g/mol. The smallest absolute Gasteiger partial charge is 0.255 e. The standard InChI is InChI=1S/C20H21N7O/c1-26-6-3-7-27(9-8-26)20(28)14-10-15-17(24-25-19(15)22-12-14)16-11-13-4-2-5-21-18(13)23-16/h2,4-5,10-12H,3,6-9H2,1H3,(H,21,23)(H,22,24,25). The Morgan fingerprint density at radius 3 is 2.93 bits per heavy atom. The van der Waals surface area contributed by atoms with Gasteiger partial charge < -0.3 is 14.8 Å². The number of nitrogens with zero attached hydrogens (tertiary/aromatic N) is 5. The monoisotopic (exact) mass is 375 g/mol. The van der Waals surface area contributed by atoms with Gasteiger partial charge in [0.2, 0.25) is 0 Å². The highest BCUT2D eigenvalue weighted by Gasteiger charge is 2.21. The summed E-state index contributed by atoms with van der Waals surface area (Å²) >= 11 is 0. The van der Waals surface area contributed by atoms with Crippen molar-refractivity contribution in [2.75, 3.05) is 33.2 Å². The maximum atomic E-state index is 13.0. The number of H-pyrrole nitrogens is 2. The third-order valence-electron chi connectivity index (χ3n) is 5.32. The zero-order valence-corrected chi connectivity index (χ0v) is 15.6. The van der Waals surface area contributed by atoms with Crippen molar-refractivity contribution in [3.05, 3.63) is 42.2 Å². The summed E-state index contributed by atoms with van der Waals surface area (Å²) < 4.78 is 0. The minimum Gasteiger partial charge on any atom is -0.338 e. The van der Waals surface area contributed by atoms with E-state index in [0.29, 0.717) is 11.2 Å². The predicted octanol–water partition coefficient (Wildman–Crippen LogP) is 2.28. The van der Waals surface area contributed by atoms with E-state index in [2.05, 4.69) is 37.1 Å². The molecule has 5 heterocycles. The molecule has 0 unspecified atom stereocenters. The second-order valence-corrected chi connectivity index (χ2v) is 7.27. The van der Waals surface area contributed by atoms with Crippen molar-refractivity contribution in [3.63, 3.8) is 0 Å². The topological polar surface area (TPSA) is 93.8 Å². The number of pyridine rings is 2. The molecule has 0 saturated carbocycles. The van der Waals surface area contributed by atoms with Crippen LogP contribution < -0.4 is 0 Å². The Labute approximate surface area is 161 Å². The lowest BCUT2D eigenvalue weighted by Crippen LogP contribution is -2.34. The first-order valence-electron chi connectivity index (χ1n) is 9.45. The molecule has 0 aliphatic carbocycles. The van der Waals surface area contributed by atoms with Gasteiger partial charge in [-0.3, -0.25) is 9.89 Å². The largest absolute Gasteiger partial charge is 0.338 e. The SMILES string of the molecule is CN1CCCN(C(=O)c2cnc3[nH]nc(-c4cc5cccnc5[nH]4)c3c2)CC1. The predicted molar refractivity (Wildman–Crippen MR) is 107 cm³/mol. The molecule has 2 N–H and O–H groups in total. The van der Waals surface area contributed by atoms with Crippen molar-refractivity contribution in [3.8, 4) is 11.4 Å². The average Bonchev–Trinajstić information content (AvgIpc) is 3.26. The van der Waals surface area contributed by atoms with Crippen molar-refractivity contribution in [2.45, 2.75) is 6.42 Å². The maximum absolute atomic E-state index is 13.0. The van der Waals surface area contributed by atoms with E-state index in [1.807, 2.05) is 29.2 Å². The Kier molecular flexibility index (Phi) is 4.05. The molecule has 4 aromatic rings. The van der Waals surface area contributed by atoms with Crippen LogP contribution in [0.1, 0.15) is 16.8 Å². The van der Waals surface area contributed by atoms with Crippen molar-refractivity contribution in [1.29, 1.82) is 0 Å². The lowest BCUT2D eigenvalue weighted by Gasteiger charge is -2.20. The van der Waals surface area contributed by atoms with E-state index >= 15 is 0 Å². The molecule has 1 fully saturated rings. The summed E-state index contributed by atoms with van der Waals surface area (Å²) in [5, 5.41) is 9.22. The van der Waals surface area contributed by atoms with E-state index in [1.165, 1.54) is 0 Å². The summed E-state index contributed by atoms with van der Waals surface area (Å²) in [4.78, 5) is 29.3. The lowest BCUT2D eigenvalue weighted by molar-refractivity contribution is 0.0762. The molecule has 0 bridgehead atoms. The first-order chi connectivity index (χ1) is 13.7.